The minimum Gasteiger partial charge on any atom is -0.323 e. The Bertz CT molecular complexity index is 448. The third kappa shape index (κ3) is 1.81. The van der Waals surface area contributed by atoms with E-state index in [1.54, 1.807) is 6.07 Å². The van der Waals surface area contributed by atoms with Crippen molar-refractivity contribution in [3.8, 4) is 0 Å². The Labute approximate surface area is 96.3 Å². The van der Waals surface area contributed by atoms with Gasteiger partial charge < -0.3 is 5.32 Å². The van der Waals surface area contributed by atoms with Crippen molar-refractivity contribution in [2.75, 3.05) is 5.32 Å². The van der Waals surface area contributed by atoms with Crippen molar-refractivity contribution in [1.29, 1.82) is 0 Å². The van der Waals surface area contributed by atoms with Crippen molar-refractivity contribution < 1.29 is 9.59 Å². The van der Waals surface area contributed by atoms with Crippen LogP contribution in [-0.2, 0) is 4.79 Å². The molecule has 0 saturated heterocycles. The smallest absolute Gasteiger partial charge is 0.240 e. The van der Waals surface area contributed by atoms with E-state index in [0.29, 0.717) is 4.88 Å². The maximum absolute atomic E-state index is 11.6. The van der Waals surface area contributed by atoms with Crippen LogP contribution in [0.4, 0.5) is 5.69 Å². The number of hydrogen-bond donors (Lipinski definition) is 1. The molecule has 0 saturated carbocycles. The van der Waals surface area contributed by atoms with E-state index in [9.17, 15) is 9.59 Å². The SMILES string of the molecule is CC(=O)c1cc2c(s1)SC(C)(C)C(=O)N2. The summed E-state index contributed by atoms with van der Waals surface area (Å²) in [6, 6.07) is 1.75. The van der Waals surface area contributed by atoms with Crippen LogP contribution in [0.15, 0.2) is 10.3 Å². The van der Waals surface area contributed by atoms with E-state index in [0.717, 1.165) is 9.90 Å². The predicted octanol–water partition coefficient (Wildman–Crippen LogP) is 2.77. The molecule has 1 aliphatic rings. The molecule has 0 fully saturated rings. The molecule has 0 radical (unpaired) electrons. The van der Waals surface area contributed by atoms with Crippen LogP contribution in [0.2, 0.25) is 0 Å². The number of fused-ring (bicyclic) bond motifs is 1. The zero-order valence-corrected chi connectivity index (χ0v) is 10.3. The van der Waals surface area contributed by atoms with Gasteiger partial charge >= 0.3 is 0 Å². The third-order valence-corrected chi connectivity index (χ3v) is 4.82. The second-order valence-electron chi connectivity index (χ2n) is 3.93. The summed E-state index contributed by atoms with van der Waals surface area (Å²) in [7, 11) is 0. The molecule has 1 aromatic heterocycles. The van der Waals surface area contributed by atoms with Crippen LogP contribution in [0, 0.1) is 0 Å². The summed E-state index contributed by atoms with van der Waals surface area (Å²) in [5.74, 6) is 0.0370. The van der Waals surface area contributed by atoms with Crippen LogP contribution in [-0.4, -0.2) is 16.4 Å². The van der Waals surface area contributed by atoms with Crippen LogP contribution in [0.3, 0.4) is 0 Å². The Morgan fingerprint density at radius 2 is 2.13 bits per heavy atom. The van der Waals surface area contributed by atoms with E-state index in [2.05, 4.69) is 5.32 Å². The van der Waals surface area contributed by atoms with Gasteiger partial charge in [0.2, 0.25) is 5.91 Å². The molecule has 0 aliphatic carbocycles. The summed E-state index contributed by atoms with van der Waals surface area (Å²) in [5.41, 5.74) is 0.777. The molecule has 1 amide bonds. The van der Waals surface area contributed by atoms with Crippen LogP contribution in [0.5, 0.6) is 0 Å². The van der Waals surface area contributed by atoms with Crippen molar-refractivity contribution >= 4 is 40.5 Å². The van der Waals surface area contributed by atoms with Gasteiger partial charge in [0.05, 0.1) is 19.5 Å². The largest absolute Gasteiger partial charge is 0.323 e. The number of carbonyl (C=O) groups is 2. The van der Waals surface area contributed by atoms with Crippen molar-refractivity contribution in [3.63, 3.8) is 0 Å². The van der Waals surface area contributed by atoms with Crippen LogP contribution in [0.1, 0.15) is 30.4 Å². The Morgan fingerprint density at radius 3 is 2.73 bits per heavy atom. The maximum atomic E-state index is 11.6. The highest BCUT2D eigenvalue weighted by molar-refractivity contribution is 8.03. The summed E-state index contributed by atoms with van der Waals surface area (Å²) in [6.07, 6.45) is 0. The Kier molecular flexibility index (Phi) is 2.39. The number of hydrogen-bond acceptors (Lipinski definition) is 4. The molecular formula is C10H11NO2S2. The summed E-state index contributed by atoms with van der Waals surface area (Å²) in [6.45, 7) is 5.29. The zero-order chi connectivity index (χ0) is 11.2. The fourth-order valence-electron chi connectivity index (χ4n) is 1.26. The number of amides is 1. The molecule has 0 spiro atoms. The zero-order valence-electron chi connectivity index (χ0n) is 8.71. The second kappa shape index (κ2) is 3.35. The third-order valence-electron chi connectivity index (χ3n) is 2.19. The van der Waals surface area contributed by atoms with Gasteiger partial charge in [-0.1, -0.05) is 11.8 Å². The monoisotopic (exact) mass is 241 g/mol. The van der Waals surface area contributed by atoms with E-state index in [1.165, 1.54) is 30.0 Å². The molecule has 1 N–H and O–H groups in total. The van der Waals surface area contributed by atoms with Crippen LogP contribution in [0.25, 0.3) is 0 Å². The first-order valence-electron chi connectivity index (χ1n) is 4.55. The molecular weight excluding hydrogens is 230 g/mol. The number of thioether (sulfide) groups is 1. The van der Waals surface area contributed by atoms with Gasteiger partial charge in [0.1, 0.15) is 0 Å². The highest BCUT2D eigenvalue weighted by Gasteiger charge is 2.35. The lowest BCUT2D eigenvalue weighted by Gasteiger charge is -2.27. The quantitative estimate of drug-likeness (QED) is 0.769. The molecule has 5 heteroatoms. The summed E-state index contributed by atoms with van der Waals surface area (Å²) in [5, 5.41) is 2.82. The average molecular weight is 241 g/mol. The topological polar surface area (TPSA) is 46.2 Å². The lowest BCUT2D eigenvalue weighted by molar-refractivity contribution is -0.117. The lowest BCUT2D eigenvalue weighted by Crippen LogP contribution is -2.36. The highest BCUT2D eigenvalue weighted by atomic mass is 32.2. The number of ketones is 1. The van der Waals surface area contributed by atoms with E-state index in [-0.39, 0.29) is 11.7 Å². The van der Waals surface area contributed by atoms with Gasteiger partial charge in [-0.3, -0.25) is 9.59 Å². The minimum absolute atomic E-state index is 0.00657. The van der Waals surface area contributed by atoms with Crippen molar-refractivity contribution in [2.45, 2.75) is 29.7 Å². The number of carbonyl (C=O) groups excluding carboxylic acids is 2. The predicted molar refractivity (Wildman–Crippen MR) is 62.9 cm³/mol. The molecule has 2 heterocycles. The van der Waals surface area contributed by atoms with Crippen molar-refractivity contribution in [2.24, 2.45) is 0 Å². The molecule has 2 rings (SSSR count). The molecule has 15 heavy (non-hydrogen) atoms. The van der Waals surface area contributed by atoms with Gasteiger partial charge in [0.15, 0.2) is 5.78 Å². The van der Waals surface area contributed by atoms with Crippen LogP contribution >= 0.6 is 23.1 Å². The molecule has 0 aromatic carbocycles. The molecule has 0 atom stereocenters. The second-order valence-corrected chi connectivity index (χ2v) is 6.88. The molecule has 1 aliphatic heterocycles. The fourth-order valence-corrected chi connectivity index (χ4v) is 3.89. The van der Waals surface area contributed by atoms with Crippen LogP contribution < -0.4 is 5.32 Å². The van der Waals surface area contributed by atoms with Crippen molar-refractivity contribution in [3.05, 3.63) is 10.9 Å². The fraction of sp³-hybridized carbons (Fsp3) is 0.400. The maximum Gasteiger partial charge on any atom is 0.240 e. The molecule has 80 valence electrons. The first-order chi connectivity index (χ1) is 6.90. The molecule has 1 aromatic rings. The first kappa shape index (κ1) is 10.7. The normalized spacial score (nSPS) is 18.2. The number of Topliss-reactive ketones (excluding diaryl/α,β-unsaturated/α-hetero) is 1. The molecule has 0 bridgehead atoms. The van der Waals surface area contributed by atoms with Gasteiger partial charge in [0.25, 0.3) is 0 Å². The van der Waals surface area contributed by atoms with Gasteiger partial charge in [-0.2, -0.15) is 0 Å². The summed E-state index contributed by atoms with van der Waals surface area (Å²) < 4.78 is 0.566. The van der Waals surface area contributed by atoms with Gasteiger partial charge in [-0.25, -0.2) is 0 Å². The Morgan fingerprint density at radius 1 is 1.47 bits per heavy atom. The number of thiophene rings is 1. The minimum atomic E-state index is -0.452. The van der Waals surface area contributed by atoms with E-state index in [4.69, 9.17) is 0 Å². The number of rotatable bonds is 1. The summed E-state index contributed by atoms with van der Waals surface area (Å²) >= 11 is 2.96. The average Bonchev–Trinajstić information content (AvgIpc) is 2.47. The molecule has 0 unspecified atom stereocenters. The van der Waals surface area contributed by atoms with E-state index < -0.39 is 4.75 Å². The standard InChI is InChI=1S/C10H11NO2S2/c1-5(12)7-4-6-8(14-7)15-10(2,3)9(13)11-6/h4H,1-3H3,(H,11,13). The Hall–Kier alpha value is -0.810. The van der Waals surface area contributed by atoms with Crippen molar-refractivity contribution in [1.82, 2.24) is 0 Å². The van der Waals surface area contributed by atoms with Gasteiger partial charge in [-0.05, 0) is 26.8 Å². The summed E-state index contributed by atoms with van der Waals surface area (Å²) in [4.78, 5) is 23.5. The first-order valence-corrected chi connectivity index (χ1v) is 6.19. The Balaban J connectivity index is 2.42. The van der Waals surface area contributed by atoms with E-state index in [1.807, 2.05) is 13.8 Å². The van der Waals surface area contributed by atoms with Gasteiger partial charge in [-0.15, -0.1) is 11.3 Å². The number of anilines is 1. The highest BCUT2D eigenvalue weighted by Crippen LogP contribution is 2.46. The van der Waals surface area contributed by atoms with E-state index >= 15 is 0 Å². The molecule has 3 nitrogen and oxygen atoms in total. The van der Waals surface area contributed by atoms with Gasteiger partial charge in [0, 0.05) is 0 Å². The lowest BCUT2D eigenvalue weighted by atomic mass is 10.2. The number of nitrogens with one attached hydrogen (secondary N) is 1.